The predicted molar refractivity (Wildman–Crippen MR) is 80.1 cm³/mol. The molecule has 0 atom stereocenters. The highest BCUT2D eigenvalue weighted by molar-refractivity contribution is 5.67. The summed E-state index contributed by atoms with van der Waals surface area (Å²) in [4.78, 5) is 12.3. The Hall–Kier alpha value is -2.69. The highest BCUT2D eigenvalue weighted by Crippen LogP contribution is 2.29. The molecule has 0 N–H and O–H groups in total. The first kappa shape index (κ1) is 14.3. The van der Waals surface area contributed by atoms with E-state index >= 15 is 0 Å². The lowest BCUT2D eigenvalue weighted by Gasteiger charge is -2.08. The van der Waals surface area contributed by atoms with Crippen LogP contribution >= 0.6 is 0 Å². The molecule has 0 fully saturated rings. The van der Waals surface area contributed by atoms with Crippen molar-refractivity contribution in [2.24, 2.45) is 0 Å². The summed E-state index contributed by atoms with van der Waals surface area (Å²) in [5, 5.41) is 0. The van der Waals surface area contributed by atoms with Crippen molar-refractivity contribution in [3.63, 3.8) is 0 Å². The zero-order valence-electron chi connectivity index (χ0n) is 12.1. The smallest absolute Gasteiger partial charge is 0.168 e. The number of benzene rings is 1. The number of hydrogen-bond acceptors (Lipinski definition) is 3. The van der Waals surface area contributed by atoms with E-state index in [1.807, 2.05) is 6.92 Å². The average Bonchev–Trinajstić information content (AvgIpc) is 2.52. The van der Waals surface area contributed by atoms with Gasteiger partial charge < -0.3 is 0 Å². The number of aromatic nitrogens is 3. The lowest BCUT2D eigenvalue weighted by molar-refractivity contribution is 0.513. The Balaban J connectivity index is 2.08. The van der Waals surface area contributed by atoms with E-state index in [4.69, 9.17) is 0 Å². The van der Waals surface area contributed by atoms with Gasteiger partial charge in [0.2, 0.25) is 0 Å². The van der Waals surface area contributed by atoms with Crippen LogP contribution in [0.5, 0.6) is 0 Å². The van der Waals surface area contributed by atoms with Crippen LogP contribution in [0.3, 0.4) is 0 Å². The molecule has 110 valence electrons. The summed E-state index contributed by atoms with van der Waals surface area (Å²) in [6.07, 6.45) is 4.56. The van der Waals surface area contributed by atoms with Gasteiger partial charge in [0.25, 0.3) is 0 Å². The molecule has 1 aromatic carbocycles. The van der Waals surface area contributed by atoms with Gasteiger partial charge in [0.05, 0.1) is 23.3 Å². The zero-order chi connectivity index (χ0) is 15.7. The molecule has 0 amide bonds. The molecule has 0 saturated heterocycles. The Bertz CT molecular complexity index is 742. The highest BCUT2D eigenvalue weighted by Gasteiger charge is 2.17. The number of nitrogens with zero attached hydrogens (tertiary/aromatic N) is 3. The van der Waals surface area contributed by atoms with Gasteiger partial charge in [-0.2, -0.15) is 0 Å². The maximum Gasteiger partial charge on any atom is 0.168 e. The second-order valence-corrected chi connectivity index (χ2v) is 5.05. The van der Waals surface area contributed by atoms with Crippen LogP contribution in [-0.2, 0) is 0 Å². The molecule has 3 rings (SSSR count). The van der Waals surface area contributed by atoms with E-state index in [0.29, 0.717) is 17.1 Å². The van der Waals surface area contributed by atoms with Crippen molar-refractivity contribution < 1.29 is 8.78 Å². The molecular formula is C17H13F2N3. The first-order chi connectivity index (χ1) is 10.6. The standard InChI is InChI=1S/C17H13F2N3/c1-10-3-6-14(21-7-10)12-4-5-13(17(19)16(12)18)15-9-20-11(2)8-22-15/h3-9H,1-2H3. The minimum absolute atomic E-state index is 0.0841. The second kappa shape index (κ2) is 5.60. The Morgan fingerprint density at radius 3 is 1.86 bits per heavy atom. The fourth-order valence-electron chi connectivity index (χ4n) is 2.10. The molecule has 22 heavy (non-hydrogen) atoms. The molecule has 0 saturated carbocycles. The molecule has 0 spiro atoms. The molecule has 0 aliphatic heterocycles. The van der Waals surface area contributed by atoms with Crippen molar-refractivity contribution in [2.45, 2.75) is 13.8 Å². The normalized spacial score (nSPS) is 10.7. The Kier molecular flexibility index (Phi) is 3.63. The van der Waals surface area contributed by atoms with Crippen molar-refractivity contribution in [3.8, 4) is 22.5 Å². The van der Waals surface area contributed by atoms with Crippen LogP contribution in [0.4, 0.5) is 8.78 Å². The summed E-state index contributed by atoms with van der Waals surface area (Å²) in [5.41, 5.74) is 2.57. The van der Waals surface area contributed by atoms with Gasteiger partial charge in [0.15, 0.2) is 11.6 Å². The van der Waals surface area contributed by atoms with Crippen LogP contribution in [0.1, 0.15) is 11.3 Å². The summed E-state index contributed by atoms with van der Waals surface area (Å²) in [7, 11) is 0. The van der Waals surface area contributed by atoms with Crippen LogP contribution < -0.4 is 0 Å². The number of halogens is 2. The summed E-state index contributed by atoms with van der Waals surface area (Å²) in [5.74, 6) is -1.88. The first-order valence-corrected chi connectivity index (χ1v) is 6.76. The van der Waals surface area contributed by atoms with E-state index < -0.39 is 11.6 Å². The number of rotatable bonds is 2. The summed E-state index contributed by atoms with van der Waals surface area (Å²) in [6, 6.07) is 6.47. The van der Waals surface area contributed by atoms with Crippen molar-refractivity contribution in [3.05, 3.63) is 65.7 Å². The molecular weight excluding hydrogens is 284 g/mol. The number of pyridine rings is 1. The third-order valence-electron chi connectivity index (χ3n) is 3.33. The fraction of sp³-hybridized carbons (Fsp3) is 0.118. The third-order valence-corrected chi connectivity index (χ3v) is 3.33. The summed E-state index contributed by atoms with van der Waals surface area (Å²) >= 11 is 0. The maximum atomic E-state index is 14.4. The third kappa shape index (κ3) is 2.57. The van der Waals surface area contributed by atoms with Gasteiger partial charge in [-0.3, -0.25) is 15.0 Å². The van der Waals surface area contributed by atoms with Gasteiger partial charge in [-0.25, -0.2) is 8.78 Å². The summed E-state index contributed by atoms with van der Waals surface area (Å²) < 4.78 is 28.7. The molecule has 0 radical (unpaired) electrons. The van der Waals surface area contributed by atoms with Crippen molar-refractivity contribution in [2.75, 3.05) is 0 Å². The van der Waals surface area contributed by atoms with Gasteiger partial charge in [-0.05, 0) is 37.6 Å². The van der Waals surface area contributed by atoms with E-state index in [0.717, 1.165) is 5.56 Å². The zero-order valence-corrected chi connectivity index (χ0v) is 12.1. The first-order valence-electron chi connectivity index (χ1n) is 6.76. The lowest BCUT2D eigenvalue weighted by Crippen LogP contribution is -1.97. The minimum Gasteiger partial charge on any atom is -0.258 e. The van der Waals surface area contributed by atoms with Crippen molar-refractivity contribution in [1.29, 1.82) is 0 Å². The fourth-order valence-corrected chi connectivity index (χ4v) is 2.10. The van der Waals surface area contributed by atoms with E-state index in [9.17, 15) is 8.78 Å². The van der Waals surface area contributed by atoms with Gasteiger partial charge in [-0.1, -0.05) is 6.07 Å². The molecule has 0 unspecified atom stereocenters. The van der Waals surface area contributed by atoms with Gasteiger partial charge in [0, 0.05) is 23.5 Å². The van der Waals surface area contributed by atoms with E-state index in [2.05, 4.69) is 15.0 Å². The number of aryl methyl sites for hydroxylation is 2. The molecule has 2 heterocycles. The van der Waals surface area contributed by atoms with Crippen LogP contribution in [0, 0.1) is 25.5 Å². The second-order valence-electron chi connectivity index (χ2n) is 5.05. The van der Waals surface area contributed by atoms with Crippen molar-refractivity contribution in [1.82, 2.24) is 15.0 Å². The lowest BCUT2D eigenvalue weighted by atomic mass is 10.0. The SMILES string of the molecule is Cc1ccc(-c2ccc(-c3cnc(C)cn3)c(F)c2F)nc1. The minimum atomic E-state index is -0.946. The highest BCUT2D eigenvalue weighted by atomic mass is 19.2. The van der Waals surface area contributed by atoms with E-state index in [-0.39, 0.29) is 11.1 Å². The van der Waals surface area contributed by atoms with Crippen LogP contribution in [0.15, 0.2) is 42.9 Å². The predicted octanol–water partition coefficient (Wildman–Crippen LogP) is 4.10. The summed E-state index contributed by atoms with van der Waals surface area (Å²) in [6.45, 7) is 3.66. The molecule has 3 nitrogen and oxygen atoms in total. The monoisotopic (exact) mass is 297 g/mol. The maximum absolute atomic E-state index is 14.4. The molecule has 2 aromatic heterocycles. The van der Waals surface area contributed by atoms with E-state index in [1.165, 1.54) is 24.5 Å². The molecule has 0 aliphatic rings. The Morgan fingerprint density at radius 1 is 0.682 bits per heavy atom. The van der Waals surface area contributed by atoms with Gasteiger partial charge in [-0.15, -0.1) is 0 Å². The van der Waals surface area contributed by atoms with Gasteiger partial charge in [0.1, 0.15) is 0 Å². The molecule has 3 aromatic rings. The largest absolute Gasteiger partial charge is 0.258 e. The van der Waals surface area contributed by atoms with Crippen LogP contribution in [0.2, 0.25) is 0 Å². The topological polar surface area (TPSA) is 38.7 Å². The number of hydrogen-bond donors (Lipinski definition) is 0. The van der Waals surface area contributed by atoms with Gasteiger partial charge >= 0.3 is 0 Å². The quantitative estimate of drug-likeness (QED) is 0.715. The Morgan fingerprint density at radius 2 is 1.32 bits per heavy atom. The molecule has 0 aliphatic carbocycles. The van der Waals surface area contributed by atoms with Crippen molar-refractivity contribution >= 4 is 0 Å². The van der Waals surface area contributed by atoms with Crippen LogP contribution in [-0.4, -0.2) is 15.0 Å². The Labute approximate surface area is 126 Å². The van der Waals surface area contributed by atoms with E-state index in [1.54, 1.807) is 25.3 Å². The molecule has 0 bridgehead atoms. The average molecular weight is 297 g/mol. The van der Waals surface area contributed by atoms with Crippen LogP contribution in [0.25, 0.3) is 22.5 Å². The molecule has 5 heteroatoms.